The van der Waals surface area contributed by atoms with Crippen LogP contribution in [0.5, 0.6) is 0 Å². The number of carbonyl (C=O) groups is 1. The van der Waals surface area contributed by atoms with Gasteiger partial charge in [-0.25, -0.2) is 0 Å². The van der Waals surface area contributed by atoms with Gasteiger partial charge in [0.2, 0.25) is 0 Å². The number of likely N-dealkylation sites (tertiary alicyclic amines) is 1. The number of ether oxygens (including phenoxy) is 3. The van der Waals surface area contributed by atoms with Gasteiger partial charge in [0.1, 0.15) is 0 Å². The molecule has 0 radical (unpaired) electrons. The lowest BCUT2D eigenvalue weighted by atomic mass is 9.84. The summed E-state index contributed by atoms with van der Waals surface area (Å²) in [7, 11) is 0. The summed E-state index contributed by atoms with van der Waals surface area (Å²) < 4.78 is 17.9. The maximum absolute atomic E-state index is 12.6. The standard InChI is InChI=1S/C22H19ClN2O4/c23-16-7-5-14(6-8-16)18-22(28-18)19(26)24-20(29-22)25-11-9-21(10-12-25)17-4-2-1-3-15(17)13-27-21/h1-8,18H,9-13H2. The van der Waals surface area contributed by atoms with E-state index in [0.29, 0.717) is 30.7 Å². The fourth-order valence-electron chi connectivity index (χ4n) is 4.67. The molecular formula is C22H19ClN2O4. The third-order valence-corrected chi connectivity index (χ3v) is 6.60. The monoisotopic (exact) mass is 410 g/mol. The van der Waals surface area contributed by atoms with Crippen LogP contribution in [0.2, 0.25) is 5.02 Å². The number of hydrogen-bond acceptors (Lipinski definition) is 5. The van der Waals surface area contributed by atoms with Crippen LogP contribution < -0.4 is 0 Å². The molecule has 7 heteroatoms. The maximum atomic E-state index is 12.6. The van der Waals surface area contributed by atoms with Crippen molar-refractivity contribution in [2.45, 2.75) is 36.9 Å². The van der Waals surface area contributed by atoms with Gasteiger partial charge < -0.3 is 19.1 Å². The van der Waals surface area contributed by atoms with Crippen molar-refractivity contribution in [3.63, 3.8) is 0 Å². The summed E-state index contributed by atoms with van der Waals surface area (Å²) in [5, 5.41) is 0.636. The highest BCUT2D eigenvalue weighted by Crippen LogP contribution is 2.54. The van der Waals surface area contributed by atoms with E-state index in [9.17, 15) is 4.79 Å². The number of hydrogen-bond donors (Lipinski definition) is 0. The molecule has 2 aromatic rings. The molecule has 2 aromatic carbocycles. The smallest absolute Gasteiger partial charge is 0.328 e. The van der Waals surface area contributed by atoms with E-state index in [2.05, 4.69) is 29.3 Å². The Kier molecular flexibility index (Phi) is 3.64. The van der Waals surface area contributed by atoms with E-state index in [1.807, 2.05) is 17.0 Å². The van der Waals surface area contributed by atoms with Crippen molar-refractivity contribution in [3.05, 3.63) is 70.2 Å². The maximum Gasteiger partial charge on any atom is 0.328 e. The van der Waals surface area contributed by atoms with E-state index in [1.165, 1.54) is 11.1 Å². The van der Waals surface area contributed by atoms with Gasteiger partial charge in [0.05, 0.1) is 12.2 Å². The quantitative estimate of drug-likeness (QED) is 0.673. The molecule has 148 valence electrons. The number of amidine groups is 1. The van der Waals surface area contributed by atoms with Crippen molar-refractivity contribution < 1.29 is 19.0 Å². The molecule has 2 unspecified atom stereocenters. The predicted octanol–water partition coefficient (Wildman–Crippen LogP) is 3.54. The SMILES string of the molecule is O=C1N=C(N2CCC3(CC2)OCc2ccccc23)OC12OC2c1ccc(Cl)cc1. The minimum absolute atomic E-state index is 0.240. The summed E-state index contributed by atoms with van der Waals surface area (Å²) in [6.45, 7) is 2.08. The predicted molar refractivity (Wildman–Crippen MR) is 105 cm³/mol. The highest BCUT2D eigenvalue weighted by molar-refractivity contribution is 6.30. The Morgan fingerprint density at radius 2 is 1.83 bits per heavy atom. The summed E-state index contributed by atoms with van der Waals surface area (Å²) in [6, 6.07) is 16.0. The molecular weight excluding hydrogens is 392 g/mol. The summed E-state index contributed by atoms with van der Waals surface area (Å²) in [5.41, 5.74) is 3.17. The fourth-order valence-corrected chi connectivity index (χ4v) is 4.79. The summed E-state index contributed by atoms with van der Waals surface area (Å²) >= 11 is 5.95. The second-order valence-corrected chi connectivity index (χ2v) is 8.38. The average molecular weight is 411 g/mol. The number of nitrogens with zero attached hydrogens (tertiary/aromatic N) is 2. The first-order valence-electron chi connectivity index (χ1n) is 9.82. The summed E-state index contributed by atoms with van der Waals surface area (Å²) in [5.74, 6) is -1.69. The largest absolute Gasteiger partial charge is 0.419 e. The van der Waals surface area contributed by atoms with Crippen molar-refractivity contribution in [2.24, 2.45) is 4.99 Å². The van der Waals surface area contributed by atoms with Crippen LogP contribution >= 0.6 is 11.6 Å². The van der Waals surface area contributed by atoms with Crippen molar-refractivity contribution in [1.82, 2.24) is 4.90 Å². The number of halogens is 1. The van der Waals surface area contributed by atoms with Crippen molar-refractivity contribution in [3.8, 4) is 0 Å². The molecule has 29 heavy (non-hydrogen) atoms. The van der Waals surface area contributed by atoms with Crippen LogP contribution in [0.15, 0.2) is 53.5 Å². The number of epoxide rings is 1. The van der Waals surface area contributed by atoms with E-state index >= 15 is 0 Å². The number of benzene rings is 2. The molecule has 2 saturated heterocycles. The molecule has 2 spiro atoms. The van der Waals surface area contributed by atoms with Crippen LogP contribution in [-0.4, -0.2) is 35.7 Å². The highest BCUT2D eigenvalue weighted by atomic mass is 35.5. The van der Waals surface area contributed by atoms with Crippen LogP contribution in [-0.2, 0) is 31.2 Å². The Morgan fingerprint density at radius 3 is 2.62 bits per heavy atom. The molecule has 4 aliphatic rings. The number of rotatable bonds is 1. The minimum Gasteiger partial charge on any atom is -0.419 e. The first-order chi connectivity index (χ1) is 14.1. The molecule has 0 aromatic heterocycles. The number of amides is 1. The molecule has 0 bridgehead atoms. The van der Waals surface area contributed by atoms with Crippen molar-refractivity contribution in [1.29, 1.82) is 0 Å². The molecule has 6 nitrogen and oxygen atoms in total. The van der Waals surface area contributed by atoms with Gasteiger partial charge in [-0.2, -0.15) is 4.99 Å². The molecule has 0 saturated carbocycles. The Labute approximate surface area is 173 Å². The van der Waals surface area contributed by atoms with Gasteiger partial charge in [0, 0.05) is 18.1 Å². The lowest BCUT2D eigenvalue weighted by Crippen LogP contribution is -2.45. The molecule has 2 fully saturated rings. The average Bonchev–Trinajstić information content (AvgIpc) is 3.24. The minimum atomic E-state index is -1.31. The lowest BCUT2D eigenvalue weighted by Gasteiger charge is -2.39. The van der Waals surface area contributed by atoms with Gasteiger partial charge in [0.25, 0.3) is 6.02 Å². The van der Waals surface area contributed by atoms with E-state index in [-0.39, 0.29) is 11.5 Å². The van der Waals surface area contributed by atoms with Gasteiger partial charge in [-0.05, 0) is 41.7 Å². The number of carbonyl (C=O) groups excluding carboxylic acids is 1. The normalized spacial score (nSPS) is 29.1. The molecule has 4 heterocycles. The summed E-state index contributed by atoms with van der Waals surface area (Å²) in [4.78, 5) is 18.7. The van der Waals surface area contributed by atoms with Crippen LogP contribution in [0.3, 0.4) is 0 Å². The first kappa shape index (κ1) is 17.4. The topological polar surface area (TPSA) is 63.7 Å². The Hall–Kier alpha value is -2.41. The first-order valence-corrected chi connectivity index (χ1v) is 10.2. The van der Waals surface area contributed by atoms with Gasteiger partial charge >= 0.3 is 11.7 Å². The van der Waals surface area contributed by atoms with Crippen LogP contribution in [0, 0.1) is 0 Å². The van der Waals surface area contributed by atoms with Gasteiger partial charge in [-0.3, -0.25) is 4.79 Å². The third kappa shape index (κ3) is 2.56. The van der Waals surface area contributed by atoms with E-state index < -0.39 is 11.9 Å². The van der Waals surface area contributed by atoms with E-state index in [4.69, 9.17) is 25.8 Å². The number of piperidine rings is 1. The van der Waals surface area contributed by atoms with E-state index in [0.717, 1.165) is 18.4 Å². The molecule has 2 atom stereocenters. The molecule has 0 N–H and O–H groups in total. The van der Waals surface area contributed by atoms with Crippen LogP contribution in [0.25, 0.3) is 0 Å². The second kappa shape index (κ2) is 6.05. The zero-order valence-electron chi connectivity index (χ0n) is 15.6. The zero-order chi connectivity index (χ0) is 19.6. The Morgan fingerprint density at radius 1 is 1.07 bits per heavy atom. The number of aliphatic imine (C=N–C) groups is 1. The Balaban J connectivity index is 1.16. The molecule has 4 aliphatic heterocycles. The van der Waals surface area contributed by atoms with E-state index in [1.54, 1.807) is 12.1 Å². The lowest BCUT2D eigenvalue weighted by molar-refractivity contribution is -0.130. The summed E-state index contributed by atoms with van der Waals surface area (Å²) in [6.07, 6.45) is 1.21. The van der Waals surface area contributed by atoms with Crippen molar-refractivity contribution in [2.75, 3.05) is 13.1 Å². The molecule has 1 amide bonds. The van der Waals surface area contributed by atoms with Crippen LogP contribution in [0.1, 0.15) is 35.6 Å². The fraction of sp³-hybridized carbons (Fsp3) is 0.364. The second-order valence-electron chi connectivity index (χ2n) is 7.95. The zero-order valence-corrected chi connectivity index (χ0v) is 16.4. The van der Waals surface area contributed by atoms with Gasteiger partial charge in [0.15, 0.2) is 6.10 Å². The number of fused-ring (bicyclic) bond motifs is 2. The van der Waals surface area contributed by atoms with Crippen molar-refractivity contribution >= 4 is 23.5 Å². The highest BCUT2D eigenvalue weighted by Gasteiger charge is 2.70. The van der Waals surface area contributed by atoms with Gasteiger partial charge in [-0.1, -0.05) is 48.0 Å². The third-order valence-electron chi connectivity index (χ3n) is 6.35. The van der Waals surface area contributed by atoms with Gasteiger partial charge in [-0.15, -0.1) is 0 Å². The van der Waals surface area contributed by atoms with Crippen LogP contribution in [0.4, 0.5) is 0 Å². The molecule has 0 aliphatic carbocycles. The molecule has 6 rings (SSSR count). The Bertz CT molecular complexity index is 1030.